The summed E-state index contributed by atoms with van der Waals surface area (Å²) in [6.45, 7) is 2.46. The molecular weight excluding hydrogens is 474 g/mol. The molecule has 1 unspecified atom stereocenters. The van der Waals surface area contributed by atoms with E-state index in [1.165, 1.54) is 27.1 Å². The number of halogens is 2. The maximum Gasteiger partial charge on any atom is 0.305 e. The Labute approximate surface area is 208 Å². The molecule has 2 atom stereocenters. The molecule has 1 saturated heterocycles. The summed E-state index contributed by atoms with van der Waals surface area (Å²) in [7, 11) is 2.90. The lowest BCUT2D eigenvalue weighted by molar-refractivity contribution is -0.150. The summed E-state index contributed by atoms with van der Waals surface area (Å²) in [6.07, 6.45) is 1.08. The molecule has 1 N–H and O–H groups in total. The second-order valence-electron chi connectivity index (χ2n) is 8.84. The van der Waals surface area contributed by atoms with Crippen molar-refractivity contribution < 1.29 is 37.7 Å². The number of hydrogen-bond donors (Lipinski definition) is 1. The zero-order valence-electron chi connectivity index (χ0n) is 20.5. The number of carboxylic acids is 1. The van der Waals surface area contributed by atoms with E-state index in [0.717, 1.165) is 29.9 Å². The maximum absolute atomic E-state index is 13.7. The molecule has 0 bridgehead atoms. The van der Waals surface area contributed by atoms with Crippen molar-refractivity contribution in [3.8, 4) is 22.6 Å². The van der Waals surface area contributed by atoms with Crippen LogP contribution in [0, 0.1) is 17.6 Å². The Hall–Kier alpha value is -3.69. The van der Waals surface area contributed by atoms with Crippen LogP contribution in [-0.2, 0) is 14.4 Å². The quantitative estimate of drug-likeness (QED) is 0.561. The van der Waals surface area contributed by atoms with Gasteiger partial charge in [-0.2, -0.15) is 0 Å². The van der Waals surface area contributed by atoms with Gasteiger partial charge in [0.25, 0.3) is 0 Å². The van der Waals surface area contributed by atoms with Gasteiger partial charge in [-0.1, -0.05) is 6.07 Å². The summed E-state index contributed by atoms with van der Waals surface area (Å²) in [4.78, 5) is 38.9. The number of carboxylic acid groups (broad SMARTS) is 1. The number of likely N-dealkylation sites (tertiary alicyclic amines) is 1. The lowest BCUT2D eigenvalue weighted by Gasteiger charge is -2.36. The van der Waals surface area contributed by atoms with Crippen LogP contribution in [0.5, 0.6) is 11.5 Å². The third-order valence-corrected chi connectivity index (χ3v) is 6.34. The molecule has 0 spiro atoms. The minimum Gasteiger partial charge on any atom is -0.496 e. The van der Waals surface area contributed by atoms with Gasteiger partial charge in [-0.3, -0.25) is 14.4 Å². The van der Waals surface area contributed by atoms with Gasteiger partial charge in [0.05, 0.1) is 20.1 Å². The molecule has 0 aliphatic carbocycles. The Morgan fingerprint density at radius 2 is 1.92 bits per heavy atom. The molecule has 1 fully saturated rings. The van der Waals surface area contributed by atoms with Crippen LogP contribution in [-0.4, -0.2) is 72.6 Å². The number of carbonyl (C=O) groups excluding carboxylic acids is 2. The van der Waals surface area contributed by atoms with Crippen molar-refractivity contribution >= 4 is 17.8 Å². The smallest absolute Gasteiger partial charge is 0.305 e. The van der Waals surface area contributed by atoms with E-state index in [2.05, 4.69) is 0 Å². The molecule has 2 aromatic rings. The van der Waals surface area contributed by atoms with E-state index in [-0.39, 0.29) is 11.8 Å². The van der Waals surface area contributed by atoms with Crippen LogP contribution in [0.1, 0.15) is 26.2 Å². The topological polar surface area (TPSA) is 96.4 Å². The molecule has 36 heavy (non-hydrogen) atoms. The highest BCUT2D eigenvalue weighted by molar-refractivity contribution is 5.90. The van der Waals surface area contributed by atoms with Gasteiger partial charge in [-0.25, -0.2) is 8.78 Å². The lowest BCUT2D eigenvalue weighted by atomic mass is 9.97. The van der Waals surface area contributed by atoms with Crippen LogP contribution < -0.4 is 9.47 Å². The monoisotopic (exact) mass is 504 g/mol. The average molecular weight is 505 g/mol. The van der Waals surface area contributed by atoms with Crippen molar-refractivity contribution in [2.75, 3.05) is 33.9 Å². The Kier molecular flexibility index (Phi) is 8.84. The highest BCUT2D eigenvalue weighted by Crippen LogP contribution is 2.34. The van der Waals surface area contributed by atoms with Gasteiger partial charge in [0.15, 0.2) is 11.6 Å². The molecule has 3 rings (SSSR count). The number of amides is 2. The number of aliphatic carboxylic acids is 1. The fourth-order valence-electron chi connectivity index (χ4n) is 4.26. The van der Waals surface area contributed by atoms with Gasteiger partial charge in [-0.15, -0.1) is 0 Å². The molecule has 8 nitrogen and oxygen atoms in total. The SMILES string of the molecule is COc1cc(OCC2CCCN(C(=O)[C@H](CC(=O)O)N(C)C(C)=O)C2)ccc1-c1ccc(F)c(F)c1. The van der Waals surface area contributed by atoms with E-state index in [1.807, 2.05) is 0 Å². The molecular formula is C26H30F2N2O6. The standard InChI is InChI=1S/C26H30F2N2O6/c1-16(31)29(2)23(13-25(32)33)26(34)30-10-4-5-17(14-30)15-36-19-7-8-20(24(12-19)35-3)18-6-9-21(27)22(28)11-18/h6-9,11-12,17,23H,4-5,10,13-15H2,1-3H3,(H,32,33)/t17?,23-/m0/s1. The fourth-order valence-corrected chi connectivity index (χ4v) is 4.26. The molecule has 0 saturated carbocycles. The average Bonchev–Trinajstić information content (AvgIpc) is 2.86. The van der Waals surface area contributed by atoms with E-state index >= 15 is 0 Å². The van der Waals surface area contributed by atoms with Gasteiger partial charge >= 0.3 is 5.97 Å². The number of benzene rings is 2. The maximum atomic E-state index is 13.7. The van der Waals surface area contributed by atoms with E-state index in [1.54, 1.807) is 23.1 Å². The van der Waals surface area contributed by atoms with E-state index in [9.17, 15) is 28.3 Å². The van der Waals surface area contributed by atoms with E-state index < -0.39 is 36.0 Å². The van der Waals surface area contributed by atoms with Crippen molar-refractivity contribution in [1.29, 1.82) is 0 Å². The largest absolute Gasteiger partial charge is 0.496 e. The van der Waals surface area contributed by atoms with Crippen LogP contribution >= 0.6 is 0 Å². The normalized spacial score (nSPS) is 16.2. The van der Waals surface area contributed by atoms with Crippen LogP contribution in [0.3, 0.4) is 0 Å². The first-order valence-electron chi connectivity index (χ1n) is 11.6. The minimum absolute atomic E-state index is 0.00711. The van der Waals surface area contributed by atoms with Gasteiger partial charge in [0.1, 0.15) is 17.5 Å². The second-order valence-corrected chi connectivity index (χ2v) is 8.84. The highest BCUT2D eigenvalue weighted by Gasteiger charge is 2.34. The summed E-state index contributed by atoms with van der Waals surface area (Å²) in [5.41, 5.74) is 1.04. The number of nitrogens with zero attached hydrogens (tertiary/aromatic N) is 2. The number of rotatable bonds is 9. The number of ether oxygens (including phenoxy) is 2. The van der Waals surface area contributed by atoms with Gasteiger partial charge in [-0.05, 0) is 42.7 Å². The third-order valence-electron chi connectivity index (χ3n) is 6.34. The molecule has 1 heterocycles. The first-order valence-corrected chi connectivity index (χ1v) is 11.6. The second kappa shape index (κ2) is 11.8. The van der Waals surface area contributed by atoms with Crippen molar-refractivity contribution in [2.45, 2.75) is 32.2 Å². The number of carbonyl (C=O) groups is 3. The Morgan fingerprint density at radius 1 is 1.17 bits per heavy atom. The molecule has 2 amide bonds. The molecule has 0 radical (unpaired) electrons. The van der Waals surface area contributed by atoms with E-state index in [4.69, 9.17) is 9.47 Å². The number of hydrogen-bond acceptors (Lipinski definition) is 5. The first-order chi connectivity index (χ1) is 17.1. The Morgan fingerprint density at radius 3 is 2.56 bits per heavy atom. The fraction of sp³-hybridized carbons (Fsp3) is 0.423. The molecule has 1 aliphatic rings. The highest BCUT2D eigenvalue weighted by atomic mass is 19.2. The van der Waals surface area contributed by atoms with Crippen molar-refractivity contribution in [3.05, 3.63) is 48.0 Å². The number of likely N-dealkylation sites (N-methyl/N-ethyl adjacent to an activating group) is 1. The summed E-state index contributed by atoms with van der Waals surface area (Å²) in [6, 6.07) is 7.62. The van der Waals surface area contributed by atoms with Crippen LogP contribution in [0.15, 0.2) is 36.4 Å². The molecule has 194 valence electrons. The molecule has 10 heteroatoms. The minimum atomic E-state index is -1.15. The van der Waals surface area contributed by atoms with Crippen molar-refractivity contribution in [3.63, 3.8) is 0 Å². The molecule has 1 aliphatic heterocycles. The van der Waals surface area contributed by atoms with Crippen molar-refractivity contribution in [2.24, 2.45) is 5.92 Å². The summed E-state index contributed by atoms with van der Waals surface area (Å²) in [5.74, 6) is -2.85. The molecule has 0 aromatic heterocycles. The van der Waals surface area contributed by atoms with Gasteiger partial charge in [0.2, 0.25) is 11.8 Å². The lowest BCUT2D eigenvalue weighted by Crippen LogP contribution is -2.52. The van der Waals surface area contributed by atoms with Crippen LogP contribution in [0.25, 0.3) is 11.1 Å². The van der Waals surface area contributed by atoms with Crippen LogP contribution in [0.4, 0.5) is 8.78 Å². The first kappa shape index (κ1) is 26.9. The van der Waals surface area contributed by atoms with Crippen molar-refractivity contribution in [1.82, 2.24) is 9.80 Å². The third kappa shape index (κ3) is 6.50. The van der Waals surface area contributed by atoms with Gasteiger partial charge < -0.3 is 24.4 Å². The predicted molar refractivity (Wildman–Crippen MR) is 128 cm³/mol. The Bertz CT molecular complexity index is 1130. The predicted octanol–water partition coefficient (Wildman–Crippen LogP) is 3.58. The Balaban J connectivity index is 1.66. The molecule has 2 aromatic carbocycles. The zero-order valence-corrected chi connectivity index (χ0v) is 20.5. The van der Waals surface area contributed by atoms with Crippen LogP contribution in [0.2, 0.25) is 0 Å². The summed E-state index contributed by atoms with van der Waals surface area (Å²) in [5, 5.41) is 9.21. The number of methoxy groups -OCH3 is 1. The zero-order chi connectivity index (χ0) is 26.4. The van der Waals surface area contributed by atoms with E-state index in [0.29, 0.717) is 42.3 Å². The summed E-state index contributed by atoms with van der Waals surface area (Å²) >= 11 is 0. The number of piperidine rings is 1. The summed E-state index contributed by atoms with van der Waals surface area (Å²) < 4.78 is 38.3. The van der Waals surface area contributed by atoms with Gasteiger partial charge in [0, 0.05) is 44.6 Å².